The molecule has 0 aliphatic carbocycles. The minimum absolute atomic E-state index is 0.0267. The van der Waals surface area contributed by atoms with E-state index in [0.29, 0.717) is 11.1 Å². The van der Waals surface area contributed by atoms with E-state index in [1.54, 1.807) is 54.9 Å². The molecule has 2 heterocycles. The molecule has 1 aliphatic heterocycles. The van der Waals surface area contributed by atoms with Crippen molar-refractivity contribution in [3.05, 3.63) is 95.9 Å². The molecule has 0 atom stereocenters. The quantitative estimate of drug-likeness (QED) is 0.578. The fourth-order valence-corrected chi connectivity index (χ4v) is 3.29. The maximum absolute atomic E-state index is 13.2. The van der Waals surface area contributed by atoms with Gasteiger partial charge in [0.25, 0.3) is 11.8 Å². The highest BCUT2D eigenvalue weighted by atomic mass is 19.4. The lowest BCUT2D eigenvalue weighted by Gasteiger charge is -2.15. The largest absolute Gasteiger partial charge is 0.573 e. The maximum Gasteiger partial charge on any atom is 0.573 e. The Morgan fingerprint density at radius 1 is 0.906 bits per heavy atom. The average molecular weight is 439 g/mol. The van der Waals surface area contributed by atoms with Crippen molar-refractivity contribution in [1.29, 1.82) is 0 Å². The van der Waals surface area contributed by atoms with Gasteiger partial charge in [-0.2, -0.15) is 0 Å². The topological polar surface area (TPSA) is 71.5 Å². The van der Waals surface area contributed by atoms with Gasteiger partial charge in [0.1, 0.15) is 11.4 Å². The van der Waals surface area contributed by atoms with Crippen molar-refractivity contribution >= 4 is 23.1 Å². The molecule has 9 heteroatoms. The molecule has 2 aromatic carbocycles. The lowest BCUT2D eigenvalue weighted by Crippen LogP contribution is -2.32. The molecule has 32 heavy (non-hydrogen) atoms. The second-order valence-electron chi connectivity index (χ2n) is 6.87. The third-order valence-electron chi connectivity index (χ3n) is 4.66. The Morgan fingerprint density at radius 2 is 1.62 bits per heavy atom. The highest BCUT2D eigenvalue weighted by Gasteiger charge is 2.39. The number of nitrogens with one attached hydrogen (secondary N) is 1. The first kappa shape index (κ1) is 21.1. The number of anilines is 1. The zero-order chi connectivity index (χ0) is 22.7. The molecule has 3 aromatic rings. The van der Waals surface area contributed by atoms with Crippen LogP contribution in [0, 0.1) is 0 Å². The van der Waals surface area contributed by atoms with Gasteiger partial charge in [-0.25, -0.2) is 0 Å². The first-order chi connectivity index (χ1) is 15.3. The molecule has 1 aliphatic rings. The number of hydrogen-bond acceptors (Lipinski definition) is 5. The third kappa shape index (κ3) is 4.61. The van der Waals surface area contributed by atoms with E-state index in [1.165, 1.54) is 12.1 Å². The molecule has 0 saturated heterocycles. The molecule has 0 saturated carbocycles. The fourth-order valence-electron chi connectivity index (χ4n) is 3.29. The van der Waals surface area contributed by atoms with Gasteiger partial charge in [-0.1, -0.05) is 36.4 Å². The van der Waals surface area contributed by atoms with Crippen LogP contribution in [0.1, 0.15) is 11.1 Å². The number of carbonyl (C=O) groups excluding carboxylic acids is 2. The number of aromatic nitrogens is 1. The summed E-state index contributed by atoms with van der Waals surface area (Å²) in [6, 6.07) is 17.0. The van der Waals surface area contributed by atoms with Gasteiger partial charge < -0.3 is 10.1 Å². The normalized spacial score (nSPS) is 14.2. The van der Waals surface area contributed by atoms with Crippen molar-refractivity contribution in [3.8, 4) is 5.75 Å². The molecular weight excluding hydrogens is 423 g/mol. The van der Waals surface area contributed by atoms with Gasteiger partial charge >= 0.3 is 6.36 Å². The number of amides is 2. The molecule has 0 fully saturated rings. The number of halogens is 3. The van der Waals surface area contributed by atoms with Gasteiger partial charge in [0.2, 0.25) is 0 Å². The Bertz CT molecular complexity index is 1180. The lowest BCUT2D eigenvalue weighted by atomic mass is 10.0. The van der Waals surface area contributed by atoms with E-state index in [9.17, 15) is 22.8 Å². The highest BCUT2D eigenvalue weighted by molar-refractivity contribution is 6.36. The third-order valence-corrected chi connectivity index (χ3v) is 4.66. The van der Waals surface area contributed by atoms with Gasteiger partial charge in [-0.15, -0.1) is 13.2 Å². The summed E-state index contributed by atoms with van der Waals surface area (Å²) in [5, 5.41) is 2.82. The van der Waals surface area contributed by atoms with Gasteiger partial charge in [0.05, 0.1) is 12.1 Å². The second-order valence-corrected chi connectivity index (χ2v) is 6.87. The standard InChI is InChI=1S/C23H16F3N3O3/c24-23(25,26)32-18-8-4-7-17(13-18)28-20-19(16-5-2-1-3-6-16)21(30)29(22(20)31)14-15-9-11-27-12-10-15/h1-13,28H,14H2. The number of pyridine rings is 1. The van der Waals surface area contributed by atoms with E-state index >= 15 is 0 Å². The molecule has 0 spiro atoms. The van der Waals surface area contributed by atoms with Crippen LogP contribution >= 0.6 is 0 Å². The summed E-state index contributed by atoms with van der Waals surface area (Å²) in [6.07, 6.45) is -1.75. The first-order valence-corrected chi connectivity index (χ1v) is 9.49. The van der Waals surface area contributed by atoms with E-state index in [0.717, 1.165) is 17.0 Å². The highest BCUT2D eigenvalue weighted by Crippen LogP contribution is 2.32. The fraction of sp³-hybridized carbons (Fsp3) is 0.0870. The number of nitrogens with zero attached hydrogens (tertiary/aromatic N) is 2. The zero-order valence-corrected chi connectivity index (χ0v) is 16.5. The Balaban J connectivity index is 1.69. The van der Waals surface area contributed by atoms with Gasteiger partial charge in [-0.05, 0) is 35.4 Å². The number of imide groups is 1. The van der Waals surface area contributed by atoms with Crippen LogP contribution in [0.2, 0.25) is 0 Å². The molecule has 1 N–H and O–H groups in total. The van der Waals surface area contributed by atoms with Crippen LogP contribution in [0.5, 0.6) is 5.75 Å². The van der Waals surface area contributed by atoms with E-state index in [1.807, 2.05) is 0 Å². The predicted molar refractivity (Wildman–Crippen MR) is 110 cm³/mol. The van der Waals surface area contributed by atoms with Gasteiger partial charge in [0.15, 0.2) is 0 Å². The number of benzene rings is 2. The van der Waals surface area contributed by atoms with Crippen molar-refractivity contribution in [3.63, 3.8) is 0 Å². The molecule has 2 amide bonds. The molecule has 4 rings (SSSR count). The molecule has 6 nitrogen and oxygen atoms in total. The van der Waals surface area contributed by atoms with Crippen LogP contribution in [0.15, 0.2) is 84.8 Å². The number of alkyl halides is 3. The molecule has 0 unspecified atom stereocenters. The SMILES string of the molecule is O=C1C(Nc2cccc(OC(F)(F)F)c2)=C(c2ccccc2)C(=O)N1Cc1ccncc1. The van der Waals surface area contributed by atoms with Gasteiger partial charge in [0, 0.05) is 24.1 Å². The average Bonchev–Trinajstić information content (AvgIpc) is 2.98. The van der Waals surface area contributed by atoms with Gasteiger partial charge in [-0.3, -0.25) is 19.5 Å². The van der Waals surface area contributed by atoms with Crippen LogP contribution in [-0.2, 0) is 16.1 Å². The summed E-state index contributed by atoms with van der Waals surface area (Å²) in [5.74, 6) is -1.55. The van der Waals surface area contributed by atoms with Crippen molar-refractivity contribution in [1.82, 2.24) is 9.88 Å². The lowest BCUT2D eigenvalue weighted by molar-refractivity contribution is -0.274. The summed E-state index contributed by atoms with van der Waals surface area (Å²) in [5.41, 5.74) is 1.48. The van der Waals surface area contributed by atoms with Crippen molar-refractivity contribution in [2.45, 2.75) is 12.9 Å². The van der Waals surface area contributed by atoms with Crippen LogP contribution in [-0.4, -0.2) is 28.1 Å². The predicted octanol–water partition coefficient (Wildman–Crippen LogP) is 4.37. The Hall–Kier alpha value is -4.14. The molecule has 162 valence electrons. The van der Waals surface area contributed by atoms with E-state index in [-0.39, 0.29) is 23.5 Å². The summed E-state index contributed by atoms with van der Waals surface area (Å²) in [4.78, 5) is 31.4. The second kappa shape index (κ2) is 8.54. The summed E-state index contributed by atoms with van der Waals surface area (Å²) >= 11 is 0. The molecule has 0 radical (unpaired) electrons. The number of ether oxygens (including phenoxy) is 1. The van der Waals surface area contributed by atoms with E-state index in [2.05, 4.69) is 15.0 Å². The smallest absolute Gasteiger partial charge is 0.406 e. The Kier molecular flexibility index (Phi) is 5.63. The first-order valence-electron chi connectivity index (χ1n) is 9.49. The summed E-state index contributed by atoms with van der Waals surface area (Å²) < 4.78 is 41.7. The number of carbonyl (C=O) groups is 2. The monoisotopic (exact) mass is 439 g/mol. The van der Waals surface area contributed by atoms with E-state index in [4.69, 9.17) is 0 Å². The van der Waals surface area contributed by atoms with E-state index < -0.39 is 23.9 Å². The van der Waals surface area contributed by atoms with Crippen LogP contribution < -0.4 is 10.1 Å². The van der Waals surface area contributed by atoms with Crippen molar-refractivity contribution < 1.29 is 27.5 Å². The van der Waals surface area contributed by atoms with Crippen LogP contribution in [0.25, 0.3) is 5.57 Å². The molecule has 0 bridgehead atoms. The maximum atomic E-state index is 13.2. The van der Waals surface area contributed by atoms with Crippen LogP contribution in [0.3, 0.4) is 0 Å². The molecule has 1 aromatic heterocycles. The Morgan fingerprint density at radius 3 is 2.31 bits per heavy atom. The Labute approximate surface area is 181 Å². The van der Waals surface area contributed by atoms with Crippen LogP contribution in [0.4, 0.5) is 18.9 Å². The number of rotatable bonds is 6. The van der Waals surface area contributed by atoms with Crippen molar-refractivity contribution in [2.24, 2.45) is 0 Å². The minimum Gasteiger partial charge on any atom is -0.406 e. The minimum atomic E-state index is -4.85. The zero-order valence-electron chi connectivity index (χ0n) is 16.5. The summed E-state index contributed by atoms with van der Waals surface area (Å²) in [7, 11) is 0. The molecular formula is C23H16F3N3O3. The number of hydrogen-bond donors (Lipinski definition) is 1. The van der Waals surface area contributed by atoms with Crippen molar-refractivity contribution in [2.75, 3.05) is 5.32 Å². The summed E-state index contributed by atoms with van der Waals surface area (Å²) in [6.45, 7) is 0.0267.